The third-order valence-corrected chi connectivity index (χ3v) is 4.06. The summed E-state index contributed by atoms with van der Waals surface area (Å²) in [6.45, 7) is 5.96. The van der Waals surface area contributed by atoms with Gasteiger partial charge < -0.3 is 21.1 Å². The van der Waals surface area contributed by atoms with Crippen LogP contribution in [0.25, 0.3) is 0 Å². The molecule has 1 heterocycles. The first kappa shape index (κ1) is 17.3. The Morgan fingerprint density at radius 1 is 1.38 bits per heavy atom. The number of nitrogens with two attached hydrogens (primary N) is 1. The van der Waals surface area contributed by atoms with Crippen molar-refractivity contribution in [2.75, 3.05) is 13.1 Å². The molecule has 7 heteroatoms. The Labute approximate surface area is 124 Å². The third kappa shape index (κ3) is 4.34. The van der Waals surface area contributed by atoms with E-state index in [0.29, 0.717) is 25.8 Å². The van der Waals surface area contributed by atoms with Gasteiger partial charge in [0, 0.05) is 25.0 Å². The van der Waals surface area contributed by atoms with Crippen LogP contribution in [0, 0.1) is 5.41 Å². The minimum atomic E-state index is -0.872. The summed E-state index contributed by atoms with van der Waals surface area (Å²) in [6.07, 6.45) is 1.75. The number of carbonyl (C=O) groups excluding carboxylic acids is 2. The molecule has 0 bridgehead atoms. The number of hydrogen-bond acceptors (Lipinski definition) is 3. The number of carboxylic acids is 1. The molecule has 1 aliphatic rings. The van der Waals surface area contributed by atoms with E-state index in [-0.39, 0.29) is 19.0 Å². The number of carbonyl (C=O) groups is 3. The number of amides is 3. The fourth-order valence-electron chi connectivity index (χ4n) is 2.77. The average molecular weight is 299 g/mol. The Hall–Kier alpha value is -1.79. The number of carboxylic acid groups (broad SMARTS) is 1. The zero-order valence-corrected chi connectivity index (χ0v) is 12.9. The fraction of sp³-hybridized carbons (Fsp3) is 0.786. The van der Waals surface area contributed by atoms with E-state index in [0.717, 1.165) is 0 Å². The van der Waals surface area contributed by atoms with Crippen LogP contribution in [0.4, 0.5) is 4.79 Å². The molecule has 0 radical (unpaired) electrons. The van der Waals surface area contributed by atoms with Crippen molar-refractivity contribution in [1.82, 2.24) is 10.2 Å². The van der Waals surface area contributed by atoms with Crippen LogP contribution in [0.5, 0.6) is 0 Å². The number of aliphatic carboxylic acids is 1. The van der Waals surface area contributed by atoms with Gasteiger partial charge in [-0.1, -0.05) is 6.92 Å². The summed E-state index contributed by atoms with van der Waals surface area (Å²) in [5.74, 6) is -1.36. The Morgan fingerprint density at radius 2 is 2.00 bits per heavy atom. The maximum Gasteiger partial charge on any atom is 0.317 e. The second-order valence-electron chi connectivity index (χ2n) is 6.42. The van der Waals surface area contributed by atoms with Gasteiger partial charge in [-0.3, -0.25) is 9.59 Å². The summed E-state index contributed by atoms with van der Waals surface area (Å²) >= 11 is 0. The summed E-state index contributed by atoms with van der Waals surface area (Å²) in [7, 11) is 0. The van der Waals surface area contributed by atoms with Crippen molar-refractivity contribution in [2.45, 2.75) is 52.0 Å². The lowest BCUT2D eigenvalue weighted by Gasteiger charge is -2.40. The Bertz CT molecular complexity index is 436. The van der Waals surface area contributed by atoms with Gasteiger partial charge in [0.05, 0.1) is 5.41 Å². The van der Waals surface area contributed by atoms with Gasteiger partial charge in [-0.05, 0) is 33.1 Å². The second kappa shape index (κ2) is 6.32. The van der Waals surface area contributed by atoms with Crippen molar-refractivity contribution in [1.29, 1.82) is 0 Å². The zero-order valence-electron chi connectivity index (χ0n) is 12.9. The van der Waals surface area contributed by atoms with Crippen LogP contribution in [0.2, 0.25) is 0 Å². The van der Waals surface area contributed by atoms with Crippen LogP contribution in [0.3, 0.4) is 0 Å². The van der Waals surface area contributed by atoms with E-state index in [1.807, 2.05) is 6.92 Å². The summed E-state index contributed by atoms with van der Waals surface area (Å²) in [5.41, 5.74) is 3.53. The number of likely N-dealkylation sites (tertiary alicyclic amines) is 1. The molecular weight excluding hydrogens is 274 g/mol. The van der Waals surface area contributed by atoms with Crippen LogP contribution in [0.15, 0.2) is 0 Å². The molecule has 0 aromatic heterocycles. The van der Waals surface area contributed by atoms with E-state index >= 15 is 0 Å². The fourth-order valence-corrected chi connectivity index (χ4v) is 2.77. The lowest BCUT2D eigenvalue weighted by Crippen LogP contribution is -2.56. The molecule has 4 N–H and O–H groups in total. The number of piperidine rings is 1. The normalized spacial score (nSPS) is 22.7. The Balaban J connectivity index is 2.74. The standard InChI is InChI=1S/C14H25N3O4/c1-4-14(11(19)20)6-5-7-17(9-14)12(21)16-13(2,3)8-10(15)18/h4-9H2,1-3H3,(H2,15,18)(H,16,21)(H,19,20). The number of primary amides is 1. The van der Waals surface area contributed by atoms with Gasteiger partial charge in [-0.2, -0.15) is 0 Å². The van der Waals surface area contributed by atoms with Gasteiger partial charge in [-0.25, -0.2) is 4.79 Å². The van der Waals surface area contributed by atoms with E-state index in [1.54, 1.807) is 13.8 Å². The molecular formula is C14H25N3O4. The lowest BCUT2D eigenvalue weighted by molar-refractivity contribution is -0.152. The highest BCUT2D eigenvalue weighted by atomic mass is 16.4. The van der Waals surface area contributed by atoms with Gasteiger partial charge in [0.1, 0.15) is 0 Å². The predicted molar refractivity (Wildman–Crippen MR) is 77.6 cm³/mol. The van der Waals surface area contributed by atoms with Gasteiger partial charge in [0.15, 0.2) is 0 Å². The van der Waals surface area contributed by atoms with E-state index in [4.69, 9.17) is 5.73 Å². The molecule has 1 rings (SSSR count). The summed E-state index contributed by atoms with van der Waals surface area (Å²) in [5, 5.41) is 12.2. The lowest BCUT2D eigenvalue weighted by atomic mass is 9.78. The highest BCUT2D eigenvalue weighted by molar-refractivity contribution is 5.80. The molecule has 21 heavy (non-hydrogen) atoms. The molecule has 1 unspecified atom stereocenters. The van der Waals surface area contributed by atoms with Crippen molar-refractivity contribution in [3.05, 3.63) is 0 Å². The van der Waals surface area contributed by atoms with Crippen LogP contribution in [-0.2, 0) is 9.59 Å². The van der Waals surface area contributed by atoms with E-state index < -0.39 is 22.8 Å². The molecule has 0 saturated carbocycles. The SMILES string of the molecule is CCC1(C(=O)O)CCCN(C(=O)NC(C)(C)CC(N)=O)C1. The van der Waals surface area contributed by atoms with E-state index in [1.165, 1.54) is 4.90 Å². The molecule has 7 nitrogen and oxygen atoms in total. The van der Waals surface area contributed by atoms with Crippen molar-refractivity contribution in [2.24, 2.45) is 11.1 Å². The average Bonchev–Trinajstić information content (AvgIpc) is 2.36. The minimum Gasteiger partial charge on any atom is -0.481 e. The molecule has 1 saturated heterocycles. The molecule has 3 amide bonds. The number of rotatable bonds is 5. The maximum atomic E-state index is 12.3. The van der Waals surface area contributed by atoms with Gasteiger partial charge >= 0.3 is 12.0 Å². The number of nitrogens with zero attached hydrogens (tertiary/aromatic N) is 1. The number of urea groups is 1. The highest BCUT2D eigenvalue weighted by Gasteiger charge is 2.42. The first-order valence-corrected chi connectivity index (χ1v) is 7.21. The predicted octanol–water partition coefficient (Wildman–Crippen LogP) is 0.927. The van der Waals surface area contributed by atoms with Crippen LogP contribution in [0.1, 0.15) is 46.5 Å². The maximum absolute atomic E-state index is 12.3. The second-order valence-corrected chi connectivity index (χ2v) is 6.42. The topological polar surface area (TPSA) is 113 Å². The third-order valence-electron chi connectivity index (χ3n) is 4.06. The monoisotopic (exact) mass is 299 g/mol. The smallest absolute Gasteiger partial charge is 0.317 e. The van der Waals surface area contributed by atoms with Crippen LogP contribution < -0.4 is 11.1 Å². The molecule has 0 aromatic rings. The first-order valence-electron chi connectivity index (χ1n) is 7.21. The molecule has 1 atom stereocenters. The minimum absolute atomic E-state index is 0.0322. The van der Waals surface area contributed by atoms with Crippen LogP contribution in [-0.4, -0.2) is 46.5 Å². The zero-order chi connectivity index (χ0) is 16.3. The van der Waals surface area contributed by atoms with Crippen molar-refractivity contribution in [3.63, 3.8) is 0 Å². The van der Waals surface area contributed by atoms with Crippen molar-refractivity contribution < 1.29 is 19.5 Å². The highest BCUT2D eigenvalue weighted by Crippen LogP contribution is 2.33. The van der Waals surface area contributed by atoms with Gasteiger partial charge in [0.2, 0.25) is 5.91 Å². The first-order chi connectivity index (χ1) is 9.62. The largest absolute Gasteiger partial charge is 0.481 e. The summed E-state index contributed by atoms with van der Waals surface area (Å²) < 4.78 is 0. The van der Waals surface area contributed by atoms with Crippen molar-refractivity contribution >= 4 is 17.9 Å². The van der Waals surface area contributed by atoms with Gasteiger partial charge in [-0.15, -0.1) is 0 Å². The van der Waals surface area contributed by atoms with E-state index in [9.17, 15) is 19.5 Å². The molecule has 1 aliphatic heterocycles. The molecule has 0 spiro atoms. The quantitative estimate of drug-likeness (QED) is 0.700. The molecule has 1 fully saturated rings. The molecule has 0 aliphatic carbocycles. The number of nitrogens with one attached hydrogen (secondary N) is 1. The van der Waals surface area contributed by atoms with Gasteiger partial charge in [0.25, 0.3) is 0 Å². The van der Waals surface area contributed by atoms with Crippen LogP contribution >= 0.6 is 0 Å². The molecule has 120 valence electrons. The van der Waals surface area contributed by atoms with Crippen molar-refractivity contribution in [3.8, 4) is 0 Å². The molecule has 0 aromatic carbocycles. The Kier molecular flexibility index (Phi) is 5.20. The number of hydrogen-bond donors (Lipinski definition) is 3. The summed E-state index contributed by atoms with van der Waals surface area (Å²) in [4.78, 5) is 36.3. The summed E-state index contributed by atoms with van der Waals surface area (Å²) in [6, 6.07) is -0.347. The van der Waals surface area contributed by atoms with E-state index in [2.05, 4.69) is 5.32 Å². The Morgan fingerprint density at radius 3 is 2.48 bits per heavy atom.